The summed E-state index contributed by atoms with van der Waals surface area (Å²) >= 11 is 0. The molecule has 2 amide bonds. The number of hydrogen-bond donors (Lipinski definition) is 2. The predicted molar refractivity (Wildman–Crippen MR) is 108 cm³/mol. The van der Waals surface area contributed by atoms with E-state index < -0.39 is 23.5 Å². The smallest absolute Gasteiger partial charge is 0.228 e. The van der Waals surface area contributed by atoms with Gasteiger partial charge < -0.3 is 15.5 Å². The minimum absolute atomic E-state index is 0.174. The van der Waals surface area contributed by atoms with E-state index in [9.17, 15) is 18.4 Å². The van der Waals surface area contributed by atoms with Crippen LogP contribution in [-0.2, 0) is 9.59 Å². The van der Waals surface area contributed by atoms with E-state index in [1.165, 1.54) is 25.3 Å². The summed E-state index contributed by atoms with van der Waals surface area (Å²) in [5.41, 5.74) is 2.02. The zero-order valence-electron chi connectivity index (χ0n) is 16.0. The predicted octanol–water partition coefficient (Wildman–Crippen LogP) is 4.17. The minimum atomic E-state index is -1.03. The highest BCUT2D eigenvalue weighted by Gasteiger charge is 2.48. The summed E-state index contributed by atoms with van der Waals surface area (Å²) in [5.74, 6) is -3.45. The van der Waals surface area contributed by atoms with Gasteiger partial charge in [0.2, 0.25) is 11.8 Å². The fourth-order valence-electron chi connectivity index (χ4n) is 3.73. The molecule has 1 aliphatic heterocycles. The van der Waals surface area contributed by atoms with E-state index in [2.05, 4.69) is 15.5 Å². The number of piperidine rings is 1. The first-order chi connectivity index (χ1) is 14.0. The highest BCUT2D eigenvalue weighted by Crippen LogP contribution is 2.40. The van der Waals surface area contributed by atoms with Gasteiger partial charge in [0.25, 0.3) is 0 Å². The molecule has 2 fully saturated rings. The Bertz CT molecular complexity index is 911. The van der Waals surface area contributed by atoms with Crippen molar-refractivity contribution in [2.75, 3.05) is 28.6 Å². The molecule has 0 bridgehead atoms. The molecule has 2 unspecified atom stereocenters. The zero-order chi connectivity index (χ0) is 20.4. The molecule has 1 saturated carbocycles. The van der Waals surface area contributed by atoms with Crippen LogP contribution in [0.3, 0.4) is 0 Å². The first-order valence-electron chi connectivity index (χ1n) is 9.93. The van der Waals surface area contributed by atoms with Crippen LogP contribution in [-0.4, -0.2) is 24.9 Å². The molecule has 0 aromatic heterocycles. The Labute approximate surface area is 168 Å². The van der Waals surface area contributed by atoms with Gasteiger partial charge in [-0.15, -0.1) is 0 Å². The molecule has 2 aromatic carbocycles. The van der Waals surface area contributed by atoms with Crippen LogP contribution in [0.5, 0.6) is 0 Å². The highest BCUT2D eigenvalue weighted by molar-refractivity contribution is 6.03. The van der Waals surface area contributed by atoms with Crippen LogP contribution in [0.15, 0.2) is 42.5 Å². The third-order valence-corrected chi connectivity index (χ3v) is 5.51. The number of halogens is 2. The van der Waals surface area contributed by atoms with E-state index in [0.29, 0.717) is 12.1 Å². The summed E-state index contributed by atoms with van der Waals surface area (Å²) in [5, 5.41) is 5.39. The number of carbonyl (C=O) groups excluding carboxylic acids is 2. The molecule has 1 saturated heterocycles. The van der Waals surface area contributed by atoms with Gasteiger partial charge >= 0.3 is 0 Å². The van der Waals surface area contributed by atoms with E-state index in [1.807, 2.05) is 24.3 Å². The second-order valence-corrected chi connectivity index (χ2v) is 7.65. The van der Waals surface area contributed by atoms with E-state index in [4.69, 9.17) is 0 Å². The molecule has 1 aliphatic carbocycles. The van der Waals surface area contributed by atoms with Gasteiger partial charge in [0.15, 0.2) is 11.6 Å². The van der Waals surface area contributed by atoms with Crippen LogP contribution in [0.4, 0.5) is 25.8 Å². The van der Waals surface area contributed by atoms with Gasteiger partial charge in [-0.25, -0.2) is 8.78 Å². The van der Waals surface area contributed by atoms with Crippen molar-refractivity contribution in [1.29, 1.82) is 0 Å². The average Bonchev–Trinajstić information content (AvgIpc) is 3.53. The SMILES string of the molecule is O=C(Nc1ccc(N2CCCCC2)cc1)C1CC1C(=O)Nc1ccc(F)c(F)c1. The van der Waals surface area contributed by atoms with Crippen molar-refractivity contribution in [1.82, 2.24) is 0 Å². The summed E-state index contributed by atoms with van der Waals surface area (Å²) in [7, 11) is 0. The number of benzene rings is 2. The van der Waals surface area contributed by atoms with Crippen molar-refractivity contribution in [3.8, 4) is 0 Å². The molecule has 0 radical (unpaired) electrons. The van der Waals surface area contributed by atoms with Gasteiger partial charge in [-0.05, 0) is 62.1 Å². The molecule has 152 valence electrons. The number of anilines is 3. The molecule has 5 nitrogen and oxygen atoms in total. The third kappa shape index (κ3) is 4.55. The fourth-order valence-corrected chi connectivity index (χ4v) is 3.73. The van der Waals surface area contributed by atoms with Crippen molar-refractivity contribution in [3.63, 3.8) is 0 Å². The highest BCUT2D eigenvalue weighted by atomic mass is 19.2. The number of amides is 2. The molecule has 0 spiro atoms. The van der Waals surface area contributed by atoms with Crippen LogP contribution in [0, 0.1) is 23.5 Å². The maximum Gasteiger partial charge on any atom is 0.228 e. The first kappa shape index (κ1) is 19.4. The van der Waals surface area contributed by atoms with Gasteiger partial charge in [-0.1, -0.05) is 0 Å². The molecule has 2 atom stereocenters. The van der Waals surface area contributed by atoms with Gasteiger partial charge in [0.05, 0.1) is 11.8 Å². The lowest BCUT2D eigenvalue weighted by molar-refractivity contribution is -0.122. The van der Waals surface area contributed by atoms with Gasteiger partial charge in [-0.3, -0.25) is 9.59 Å². The summed E-state index contributed by atoms with van der Waals surface area (Å²) in [6.07, 6.45) is 4.12. The molecular formula is C22H23F2N3O2. The first-order valence-corrected chi connectivity index (χ1v) is 9.93. The normalized spacial score (nSPS) is 20.8. The van der Waals surface area contributed by atoms with Crippen LogP contribution in [0.2, 0.25) is 0 Å². The number of rotatable bonds is 5. The van der Waals surface area contributed by atoms with Crippen molar-refractivity contribution in [3.05, 3.63) is 54.1 Å². The topological polar surface area (TPSA) is 61.4 Å². The van der Waals surface area contributed by atoms with Crippen molar-refractivity contribution in [2.45, 2.75) is 25.7 Å². The fraction of sp³-hybridized carbons (Fsp3) is 0.364. The Morgan fingerprint density at radius 1 is 0.793 bits per heavy atom. The van der Waals surface area contributed by atoms with Crippen LogP contribution < -0.4 is 15.5 Å². The number of hydrogen-bond acceptors (Lipinski definition) is 3. The van der Waals surface area contributed by atoms with Crippen molar-refractivity contribution in [2.24, 2.45) is 11.8 Å². The quantitative estimate of drug-likeness (QED) is 0.793. The molecule has 29 heavy (non-hydrogen) atoms. The molecule has 1 heterocycles. The maximum absolute atomic E-state index is 13.2. The number of nitrogens with one attached hydrogen (secondary N) is 2. The monoisotopic (exact) mass is 399 g/mol. The van der Waals surface area contributed by atoms with E-state index >= 15 is 0 Å². The van der Waals surface area contributed by atoms with Crippen molar-refractivity contribution < 1.29 is 18.4 Å². The maximum atomic E-state index is 13.2. The molecule has 7 heteroatoms. The molecular weight excluding hydrogens is 376 g/mol. The third-order valence-electron chi connectivity index (χ3n) is 5.51. The standard InChI is InChI=1S/C22H23F2N3O2/c23-19-9-6-15(12-20(19)24)26-22(29)18-13-17(18)21(28)25-14-4-7-16(8-5-14)27-10-2-1-3-11-27/h4-9,12,17-18H,1-3,10-11,13H2,(H,25,28)(H,26,29). The number of carbonyl (C=O) groups is 2. The summed E-state index contributed by atoms with van der Waals surface area (Å²) in [4.78, 5) is 27.0. The summed E-state index contributed by atoms with van der Waals surface area (Å²) < 4.78 is 26.2. The summed E-state index contributed by atoms with van der Waals surface area (Å²) in [6, 6.07) is 10.9. The Hall–Kier alpha value is -2.96. The Balaban J connectivity index is 1.29. The van der Waals surface area contributed by atoms with Gasteiger partial charge in [0.1, 0.15) is 0 Å². The Kier molecular flexibility index (Phi) is 5.47. The van der Waals surface area contributed by atoms with Gasteiger partial charge in [0, 0.05) is 36.2 Å². The number of nitrogens with zero attached hydrogens (tertiary/aromatic N) is 1. The molecule has 2 aliphatic rings. The second-order valence-electron chi connectivity index (χ2n) is 7.65. The lowest BCUT2D eigenvalue weighted by Gasteiger charge is -2.28. The lowest BCUT2D eigenvalue weighted by atomic mass is 10.1. The van der Waals surface area contributed by atoms with Crippen molar-refractivity contribution >= 4 is 28.9 Å². The molecule has 2 aromatic rings. The van der Waals surface area contributed by atoms with E-state index in [-0.39, 0.29) is 17.5 Å². The van der Waals surface area contributed by atoms with Gasteiger partial charge in [-0.2, -0.15) is 0 Å². The lowest BCUT2D eigenvalue weighted by Crippen LogP contribution is -2.29. The molecule has 2 N–H and O–H groups in total. The second kappa shape index (κ2) is 8.19. The molecule has 4 rings (SSSR count). The minimum Gasteiger partial charge on any atom is -0.372 e. The van der Waals surface area contributed by atoms with Crippen LogP contribution in [0.25, 0.3) is 0 Å². The zero-order valence-corrected chi connectivity index (χ0v) is 16.0. The van der Waals surface area contributed by atoms with E-state index in [0.717, 1.165) is 30.9 Å². The average molecular weight is 399 g/mol. The largest absolute Gasteiger partial charge is 0.372 e. The Morgan fingerprint density at radius 3 is 2.00 bits per heavy atom. The summed E-state index contributed by atoms with van der Waals surface area (Å²) in [6.45, 7) is 2.12. The Morgan fingerprint density at radius 2 is 1.38 bits per heavy atom. The van der Waals surface area contributed by atoms with E-state index in [1.54, 1.807) is 0 Å². The van der Waals surface area contributed by atoms with Crippen LogP contribution in [0.1, 0.15) is 25.7 Å². The van der Waals surface area contributed by atoms with Crippen LogP contribution >= 0.6 is 0 Å².